The average molecular weight is 214 g/mol. The van der Waals surface area contributed by atoms with Gasteiger partial charge in [-0.1, -0.05) is 23.7 Å². The summed E-state index contributed by atoms with van der Waals surface area (Å²) in [4.78, 5) is 10.4. The van der Waals surface area contributed by atoms with Crippen LogP contribution in [0.1, 0.15) is 12.0 Å². The van der Waals surface area contributed by atoms with Crippen LogP contribution in [-0.4, -0.2) is 17.1 Å². The smallest absolute Gasteiger partial charge is 0.320 e. The van der Waals surface area contributed by atoms with Gasteiger partial charge >= 0.3 is 5.97 Å². The maximum Gasteiger partial charge on any atom is 0.320 e. The highest BCUT2D eigenvalue weighted by Gasteiger charge is 2.10. The molecule has 3 nitrogen and oxygen atoms in total. The first-order chi connectivity index (χ1) is 6.59. The van der Waals surface area contributed by atoms with Crippen molar-refractivity contribution < 1.29 is 9.90 Å². The summed E-state index contributed by atoms with van der Waals surface area (Å²) >= 11 is 5.71. The van der Waals surface area contributed by atoms with Crippen molar-refractivity contribution in [2.24, 2.45) is 5.73 Å². The second-order valence-electron chi connectivity index (χ2n) is 3.11. The first kappa shape index (κ1) is 11.0. The Hall–Kier alpha value is -1.06. The standard InChI is InChI=1S/C10H12ClNO2/c11-8-4-1-7(2-5-8)3-6-9(12)10(13)14/h1-2,4-5,9H,3,6,12H2,(H,13,14)/t9-/m1/s1. The maximum absolute atomic E-state index is 10.4. The van der Waals surface area contributed by atoms with Gasteiger partial charge in [0.15, 0.2) is 0 Å². The fourth-order valence-electron chi connectivity index (χ4n) is 1.10. The molecule has 0 heterocycles. The van der Waals surface area contributed by atoms with Crippen LogP contribution in [-0.2, 0) is 11.2 Å². The van der Waals surface area contributed by atoms with Crippen LogP contribution < -0.4 is 5.73 Å². The lowest BCUT2D eigenvalue weighted by Gasteiger charge is -2.05. The Morgan fingerprint density at radius 3 is 2.50 bits per heavy atom. The maximum atomic E-state index is 10.4. The number of halogens is 1. The molecule has 1 aromatic rings. The van der Waals surface area contributed by atoms with Gasteiger partial charge in [-0.25, -0.2) is 0 Å². The van der Waals surface area contributed by atoms with E-state index in [2.05, 4.69) is 0 Å². The number of aryl methyl sites for hydroxylation is 1. The number of rotatable bonds is 4. The van der Waals surface area contributed by atoms with Gasteiger partial charge < -0.3 is 10.8 Å². The van der Waals surface area contributed by atoms with Crippen molar-refractivity contribution in [2.45, 2.75) is 18.9 Å². The predicted octanol–water partition coefficient (Wildman–Crippen LogP) is 1.68. The Labute approximate surface area is 87.5 Å². The highest BCUT2D eigenvalue weighted by molar-refractivity contribution is 6.30. The zero-order valence-corrected chi connectivity index (χ0v) is 8.37. The fraction of sp³-hybridized carbons (Fsp3) is 0.300. The summed E-state index contributed by atoms with van der Waals surface area (Å²) in [6, 6.07) is 6.52. The van der Waals surface area contributed by atoms with Crippen molar-refractivity contribution in [2.75, 3.05) is 0 Å². The van der Waals surface area contributed by atoms with E-state index in [1.54, 1.807) is 12.1 Å². The Kier molecular flexibility index (Phi) is 3.92. The molecule has 0 spiro atoms. The van der Waals surface area contributed by atoms with Crippen LogP contribution in [0.25, 0.3) is 0 Å². The molecule has 0 aliphatic rings. The minimum atomic E-state index is -0.959. The summed E-state index contributed by atoms with van der Waals surface area (Å²) in [7, 11) is 0. The molecule has 0 aliphatic carbocycles. The lowest BCUT2D eigenvalue weighted by molar-refractivity contribution is -0.138. The SMILES string of the molecule is N[C@H](CCc1ccc(Cl)cc1)C(=O)O. The van der Waals surface area contributed by atoms with Crippen molar-refractivity contribution in [1.82, 2.24) is 0 Å². The summed E-state index contributed by atoms with van der Waals surface area (Å²) in [6.45, 7) is 0. The summed E-state index contributed by atoms with van der Waals surface area (Å²) in [5, 5.41) is 9.24. The van der Waals surface area contributed by atoms with Gasteiger partial charge in [-0.3, -0.25) is 4.79 Å². The van der Waals surface area contributed by atoms with Crippen molar-refractivity contribution in [3.05, 3.63) is 34.9 Å². The van der Waals surface area contributed by atoms with Gasteiger partial charge in [-0.2, -0.15) is 0 Å². The molecule has 0 bridgehead atoms. The third-order valence-corrected chi connectivity index (χ3v) is 2.23. The van der Waals surface area contributed by atoms with Crippen molar-refractivity contribution in [3.63, 3.8) is 0 Å². The van der Waals surface area contributed by atoms with E-state index in [4.69, 9.17) is 22.4 Å². The Balaban J connectivity index is 2.46. The third kappa shape index (κ3) is 3.36. The summed E-state index contributed by atoms with van der Waals surface area (Å²) in [5.74, 6) is -0.959. The monoisotopic (exact) mass is 213 g/mol. The number of nitrogens with two attached hydrogens (primary N) is 1. The predicted molar refractivity (Wildman–Crippen MR) is 55.4 cm³/mol. The third-order valence-electron chi connectivity index (χ3n) is 1.97. The summed E-state index contributed by atoms with van der Waals surface area (Å²) in [6.07, 6.45) is 1.10. The minimum Gasteiger partial charge on any atom is -0.480 e. The number of carboxylic acids is 1. The van der Waals surface area contributed by atoms with Crippen LogP contribution in [0.5, 0.6) is 0 Å². The van der Waals surface area contributed by atoms with E-state index in [0.29, 0.717) is 17.9 Å². The van der Waals surface area contributed by atoms with Crippen LogP contribution in [0.4, 0.5) is 0 Å². The molecule has 1 aromatic carbocycles. The zero-order chi connectivity index (χ0) is 10.6. The van der Waals surface area contributed by atoms with Gasteiger partial charge in [0.05, 0.1) is 0 Å². The molecule has 0 aliphatic heterocycles. The molecule has 14 heavy (non-hydrogen) atoms. The van der Waals surface area contributed by atoms with Gasteiger partial charge in [0.1, 0.15) is 6.04 Å². The van der Waals surface area contributed by atoms with Gasteiger partial charge in [-0.05, 0) is 30.5 Å². The van der Waals surface area contributed by atoms with Crippen LogP contribution in [0.2, 0.25) is 5.02 Å². The molecule has 3 N–H and O–H groups in total. The quantitative estimate of drug-likeness (QED) is 0.800. The first-order valence-corrected chi connectivity index (χ1v) is 4.70. The van der Waals surface area contributed by atoms with Gasteiger partial charge in [0.25, 0.3) is 0 Å². The Morgan fingerprint density at radius 2 is 2.00 bits per heavy atom. The van der Waals surface area contributed by atoms with Crippen LogP contribution in [0.3, 0.4) is 0 Å². The number of aliphatic carboxylic acids is 1. The summed E-state index contributed by atoms with van der Waals surface area (Å²) in [5.41, 5.74) is 6.42. The van der Waals surface area contributed by atoms with E-state index >= 15 is 0 Å². The first-order valence-electron chi connectivity index (χ1n) is 4.32. The minimum absolute atomic E-state index is 0.441. The lowest BCUT2D eigenvalue weighted by Crippen LogP contribution is -2.30. The van der Waals surface area contributed by atoms with Gasteiger partial charge in [0.2, 0.25) is 0 Å². The number of carbonyl (C=O) groups is 1. The number of hydrogen-bond acceptors (Lipinski definition) is 2. The van der Waals surface area contributed by atoms with Crippen LogP contribution >= 0.6 is 11.6 Å². The van der Waals surface area contributed by atoms with E-state index < -0.39 is 12.0 Å². The molecule has 1 atom stereocenters. The highest BCUT2D eigenvalue weighted by Crippen LogP contribution is 2.11. The average Bonchev–Trinajstić information content (AvgIpc) is 2.16. The van der Waals surface area contributed by atoms with E-state index in [-0.39, 0.29) is 0 Å². The molecule has 4 heteroatoms. The van der Waals surface area contributed by atoms with E-state index in [1.807, 2.05) is 12.1 Å². The molecule has 0 saturated heterocycles. The van der Waals surface area contributed by atoms with Crippen LogP contribution in [0.15, 0.2) is 24.3 Å². The van der Waals surface area contributed by atoms with Crippen molar-refractivity contribution >= 4 is 17.6 Å². The van der Waals surface area contributed by atoms with E-state index in [1.165, 1.54) is 0 Å². The molecule has 0 radical (unpaired) electrons. The molecular formula is C10H12ClNO2. The second-order valence-corrected chi connectivity index (χ2v) is 3.55. The normalized spacial score (nSPS) is 12.4. The number of benzene rings is 1. The fourth-order valence-corrected chi connectivity index (χ4v) is 1.22. The molecular weight excluding hydrogens is 202 g/mol. The molecule has 0 amide bonds. The van der Waals surface area contributed by atoms with Crippen molar-refractivity contribution in [1.29, 1.82) is 0 Å². The molecule has 0 saturated carbocycles. The summed E-state index contributed by atoms with van der Waals surface area (Å²) < 4.78 is 0. The zero-order valence-electron chi connectivity index (χ0n) is 7.61. The van der Waals surface area contributed by atoms with Crippen LogP contribution in [0, 0.1) is 0 Å². The van der Waals surface area contributed by atoms with Gasteiger partial charge in [-0.15, -0.1) is 0 Å². The lowest BCUT2D eigenvalue weighted by atomic mass is 10.1. The molecule has 1 rings (SSSR count). The van der Waals surface area contributed by atoms with Crippen molar-refractivity contribution in [3.8, 4) is 0 Å². The molecule has 0 fully saturated rings. The van der Waals surface area contributed by atoms with E-state index in [0.717, 1.165) is 5.56 Å². The molecule has 0 unspecified atom stereocenters. The van der Waals surface area contributed by atoms with Gasteiger partial charge in [0, 0.05) is 5.02 Å². The molecule has 76 valence electrons. The Bertz CT molecular complexity index is 310. The second kappa shape index (κ2) is 4.98. The molecule has 0 aromatic heterocycles. The largest absolute Gasteiger partial charge is 0.480 e. The van der Waals surface area contributed by atoms with E-state index in [9.17, 15) is 4.79 Å². The highest BCUT2D eigenvalue weighted by atomic mass is 35.5. The number of carboxylic acid groups (broad SMARTS) is 1. The Morgan fingerprint density at radius 1 is 1.43 bits per heavy atom. The topological polar surface area (TPSA) is 63.3 Å². The number of hydrogen-bond donors (Lipinski definition) is 2.